The molecular formula is C16H11Cl2N3O3S. The lowest BCUT2D eigenvalue weighted by atomic mass is 10.2. The summed E-state index contributed by atoms with van der Waals surface area (Å²) in [5.74, 6) is -1.23. The fraction of sp³-hybridized carbons (Fsp3) is 0.0625. The highest BCUT2D eigenvalue weighted by Gasteiger charge is 2.19. The van der Waals surface area contributed by atoms with Crippen molar-refractivity contribution in [1.82, 2.24) is 15.3 Å². The minimum absolute atomic E-state index is 0.0699. The van der Waals surface area contributed by atoms with Crippen molar-refractivity contribution in [3.05, 3.63) is 67.4 Å². The number of aromatic nitrogens is 2. The van der Waals surface area contributed by atoms with E-state index in [1.165, 1.54) is 11.3 Å². The summed E-state index contributed by atoms with van der Waals surface area (Å²) in [6.45, 7) is 0.0699. The van der Waals surface area contributed by atoms with E-state index in [-0.39, 0.29) is 18.1 Å². The molecule has 0 aliphatic rings. The van der Waals surface area contributed by atoms with Gasteiger partial charge in [-0.05, 0) is 23.1 Å². The number of hydrogen-bond donors (Lipinski definition) is 3. The lowest BCUT2D eigenvalue weighted by Gasteiger charge is -2.09. The molecule has 0 spiro atoms. The van der Waals surface area contributed by atoms with Gasteiger partial charge in [-0.2, -0.15) is 0 Å². The van der Waals surface area contributed by atoms with Crippen LogP contribution in [-0.2, 0) is 6.54 Å². The number of carbonyl (C=O) groups is 1. The molecule has 128 valence electrons. The molecule has 0 aliphatic carbocycles. The van der Waals surface area contributed by atoms with Gasteiger partial charge in [0.05, 0.1) is 14.9 Å². The third-order valence-electron chi connectivity index (χ3n) is 3.34. The molecule has 6 nitrogen and oxygen atoms in total. The van der Waals surface area contributed by atoms with Gasteiger partial charge in [0.2, 0.25) is 5.75 Å². The molecule has 0 aliphatic heterocycles. The monoisotopic (exact) mass is 395 g/mol. The van der Waals surface area contributed by atoms with E-state index in [0.717, 1.165) is 0 Å². The summed E-state index contributed by atoms with van der Waals surface area (Å²) >= 11 is 13.3. The van der Waals surface area contributed by atoms with Crippen LogP contribution in [0.1, 0.15) is 16.1 Å². The Morgan fingerprint density at radius 3 is 2.80 bits per heavy atom. The number of aromatic amines is 1. The first-order valence-corrected chi connectivity index (χ1v) is 8.69. The Bertz CT molecular complexity index is 987. The predicted molar refractivity (Wildman–Crippen MR) is 97.5 cm³/mol. The molecule has 3 aromatic rings. The first kappa shape index (κ1) is 17.5. The Hall–Kier alpha value is -2.35. The van der Waals surface area contributed by atoms with E-state index in [1.807, 2.05) is 5.38 Å². The second kappa shape index (κ2) is 7.26. The molecule has 2 aromatic heterocycles. The maximum atomic E-state index is 12.4. The number of carbonyl (C=O) groups excluding carboxylic acids is 1. The summed E-state index contributed by atoms with van der Waals surface area (Å²) in [6.07, 6.45) is 0. The zero-order valence-corrected chi connectivity index (χ0v) is 14.9. The van der Waals surface area contributed by atoms with Crippen LogP contribution in [0.25, 0.3) is 10.7 Å². The molecule has 0 saturated carbocycles. The average Bonchev–Trinajstić information content (AvgIpc) is 3.13. The van der Waals surface area contributed by atoms with E-state index in [1.54, 1.807) is 30.3 Å². The minimum Gasteiger partial charge on any atom is -0.501 e. The maximum absolute atomic E-state index is 12.4. The van der Waals surface area contributed by atoms with Gasteiger partial charge < -0.3 is 15.4 Å². The lowest BCUT2D eigenvalue weighted by molar-refractivity contribution is 0.0942. The Kier molecular flexibility index (Phi) is 5.08. The van der Waals surface area contributed by atoms with Crippen LogP contribution in [0.15, 0.2) is 40.5 Å². The van der Waals surface area contributed by atoms with Crippen LogP contribution < -0.4 is 10.9 Å². The number of nitrogens with one attached hydrogen (secondary N) is 2. The Labute approximate surface area is 156 Å². The van der Waals surface area contributed by atoms with Crippen molar-refractivity contribution in [2.75, 3.05) is 0 Å². The molecule has 0 atom stereocenters. The SMILES string of the molecule is O=C(NCc1cccc(Cl)c1Cl)c1nc(-c2cccs2)[nH]c(=O)c1O. The number of aromatic hydroxyl groups is 1. The molecule has 0 saturated heterocycles. The highest BCUT2D eigenvalue weighted by molar-refractivity contribution is 7.13. The van der Waals surface area contributed by atoms with Crippen LogP contribution in [0.3, 0.4) is 0 Å². The summed E-state index contributed by atoms with van der Waals surface area (Å²) in [6, 6.07) is 8.57. The largest absolute Gasteiger partial charge is 0.501 e. The Morgan fingerprint density at radius 1 is 1.28 bits per heavy atom. The number of hydrogen-bond acceptors (Lipinski definition) is 5. The second-order valence-corrected chi connectivity index (χ2v) is 6.72. The van der Waals surface area contributed by atoms with Crippen LogP contribution in [0.5, 0.6) is 5.75 Å². The van der Waals surface area contributed by atoms with Crippen LogP contribution in [0, 0.1) is 0 Å². The molecule has 25 heavy (non-hydrogen) atoms. The number of benzene rings is 1. The van der Waals surface area contributed by atoms with E-state index in [4.69, 9.17) is 23.2 Å². The van der Waals surface area contributed by atoms with E-state index in [2.05, 4.69) is 15.3 Å². The summed E-state index contributed by atoms with van der Waals surface area (Å²) in [5.41, 5.74) is -0.542. The quantitative estimate of drug-likeness (QED) is 0.630. The molecule has 9 heteroatoms. The van der Waals surface area contributed by atoms with Gasteiger partial charge in [0, 0.05) is 6.54 Å². The third-order valence-corrected chi connectivity index (χ3v) is 5.07. The van der Waals surface area contributed by atoms with Gasteiger partial charge in [0.1, 0.15) is 0 Å². The standard InChI is InChI=1S/C16H11Cl2N3O3S/c17-9-4-1-3-8(11(9)18)7-19-15(23)12-13(22)16(24)21-14(20-12)10-5-2-6-25-10/h1-6,22H,7H2,(H,19,23)(H,20,21,24). The van der Waals surface area contributed by atoms with Crippen molar-refractivity contribution in [1.29, 1.82) is 0 Å². The highest BCUT2D eigenvalue weighted by Crippen LogP contribution is 2.25. The molecule has 0 fully saturated rings. The molecule has 1 aromatic carbocycles. The van der Waals surface area contributed by atoms with E-state index < -0.39 is 17.2 Å². The molecular weight excluding hydrogens is 385 g/mol. The van der Waals surface area contributed by atoms with Crippen molar-refractivity contribution in [2.24, 2.45) is 0 Å². The maximum Gasteiger partial charge on any atom is 0.294 e. The Balaban J connectivity index is 1.87. The first-order chi connectivity index (χ1) is 12.0. The molecule has 0 bridgehead atoms. The highest BCUT2D eigenvalue weighted by atomic mass is 35.5. The van der Waals surface area contributed by atoms with Crippen molar-refractivity contribution in [3.63, 3.8) is 0 Å². The number of halogens is 2. The number of rotatable bonds is 4. The summed E-state index contributed by atoms with van der Waals surface area (Å²) in [7, 11) is 0. The van der Waals surface area contributed by atoms with Crippen molar-refractivity contribution in [3.8, 4) is 16.5 Å². The summed E-state index contributed by atoms with van der Waals surface area (Å²) in [4.78, 5) is 31.4. The van der Waals surface area contributed by atoms with Gasteiger partial charge in [-0.15, -0.1) is 11.3 Å². The molecule has 3 N–H and O–H groups in total. The van der Waals surface area contributed by atoms with Gasteiger partial charge in [-0.1, -0.05) is 41.4 Å². The first-order valence-electron chi connectivity index (χ1n) is 7.05. The minimum atomic E-state index is -0.788. The lowest BCUT2D eigenvalue weighted by Crippen LogP contribution is -2.26. The van der Waals surface area contributed by atoms with Crippen LogP contribution >= 0.6 is 34.5 Å². The van der Waals surface area contributed by atoms with E-state index >= 15 is 0 Å². The second-order valence-electron chi connectivity index (χ2n) is 4.98. The fourth-order valence-corrected chi connectivity index (χ4v) is 3.16. The van der Waals surface area contributed by atoms with Crippen LogP contribution in [-0.4, -0.2) is 21.0 Å². The van der Waals surface area contributed by atoms with Crippen LogP contribution in [0.4, 0.5) is 0 Å². The summed E-state index contributed by atoms with van der Waals surface area (Å²) < 4.78 is 0. The molecule has 2 heterocycles. The third kappa shape index (κ3) is 3.68. The van der Waals surface area contributed by atoms with E-state index in [0.29, 0.717) is 20.5 Å². The Morgan fingerprint density at radius 2 is 2.08 bits per heavy atom. The number of nitrogens with zero attached hydrogens (tertiary/aromatic N) is 1. The van der Waals surface area contributed by atoms with Gasteiger partial charge in [-0.3, -0.25) is 9.59 Å². The average molecular weight is 396 g/mol. The zero-order chi connectivity index (χ0) is 18.0. The van der Waals surface area contributed by atoms with Crippen molar-refractivity contribution < 1.29 is 9.90 Å². The van der Waals surface area contributed by atoms with Gasteiger partial charge in [-0.25, -0.2) is 4.98 Å². The van der Waals surface area contributed by atoms with Crippen molar-refractivity contribution in [2.45, 2.75) is 6.54 Å². The van der Waals surface area contributed by atoms with Crippen molar-refractivity contribution >= 4 is 40.4 Å². The van der Waals surface area contributed by atoms with Gasteiger partial charge >= 0.3 is 0 Å². The molecule has 0 radical (unpaired) electrons. The number of amides is 1. The summed E-state index contributed by atoms with van der Waals surface area (Å²) in [5, 5.41) is 14.9. The molecule has 0 unspecified atom stereocenters. The fourth-order valence-electron chi connectivity index (χ4n) is 2.10. The van der Waals surface area contributed by atoms with Gasteiger partial charge in [0.15, 0.2) is 11.5 Å². The topological polar surface area (TPSA) is 95.1 Å². The zero-order valence-electron chi connectivity index (χ0n) is 12.5. The molecule has 1 amide bonds. The number of H-pyrrole nitrogens is 1. The predicted octanol–water partition coefficient (Wildman–Crippen LogP) is 3.44. The number of thiophene rings is 1. The smallest absolute Gasteiger partial charge is 0.294 e. The normalized spacial score (nSPS) is 10.6. The van der Waals surface area contributed by atoms with Gasteiger partial charge in [0.25, 0.3) is 11.5 Å². The van der Waals surface area contributed by atoms with Crippen LogP contribution in [0.2, 0.25) is 10.0 Å². The molecule has 3 rings (SSSR count). The van der Waals surface area contributed by atoms with E-state index in [9.17, 15) is 14.7 Å².